The van der Waals surface area contributed by atoms with E-state index in [1.807, 2.05) is 0 Å². The molecule has 0 amide bonds. The van der Waals surface area contributed by atoms with E-state index in [-0.39, 0.29) is 12.0 Å². The third-order valence-corrected chi connectivity index (χ3v) is 3.95. The Morgan fingerprint density at radius 3 is 2.71 bits per heavy atom. The van der Waals surface area contributed by atoms with Crippen molar-refractivity contribution in [2.75, 3.05) is 40.3 Å². The van der Waals surface area contributed by atoms with Crippen molar-refractivity contribution in [2.24, 2.45) is 0 Å². The van der Waals surface area contributed by atoms with Crippen LogP contribution in [0, 0.1) is 0 Å². The van der Waals surface area contributed by atoms with E-state index in [2.05, 4.69) is 29.2 Å². The van der Waals surface area contributed by atoms with Crippen LogP contribution in [0.5, 0.6) is 0 Å². The predicted molar refractivity (Wildman–Crippen MR) is 66.1 cm³/mol. The topological polar surface area (TPSA) is 55.8 Å². The van der Waals surface area contributed by atoms with Gasteiger partial charge < -0.3 is 15.3 Å². The zero-order valence-corrected chi connectivity index (χ0v) is 10.8. The van der Waals surface area contributed by atoms with E-state index < -0.39 is 5.97 Å². The largest absolute Gasteiger partial charge is 0.481 e. The number of carboxylic acids is 1. The van der Waals surface area contributed by atoms with Crippen LogP contribution in [-0.2, 0) is 4.79 Å². The van der Waals surface area contributed by atoms with Crippen LogP contribution in [-0.4, -0.2) is 72.7 Å². The highest BCUT2D eigenvalue weighted by Crippen LogP contribution is 2.32. The van der Waals surface area contributed by atoms with Gasteiger partial charge in [0, 0.05) is 25.7 Å². The van der Waals surface area contributed by atoms with Crippen LogP contribution in [0.15, 0.2) is 0 Å². The molecule has 5 heteroatoms. The first-order valence-corrected chi connectivity index (χ1v) is 6.37. The van der Waals surface area contributed by atoms with E-state index >= 15 is 0 Å². The Kier molecular flexibility index (Phi) is 3.70. The van der Waals surface area contributed by atoms with Gasteiger partial charge in [-0.2, -0.15) is 0 Å². The Hall–Kier alpha value is -0.650. The minimum Gasteiger partial charge on any atom is -0.481 e. The van der Waals surface area contributed by atoms with E-state index in [1.54, 1.807) is 0 Å². The van der Waals surface area contributed by atoms with Crippen molar-refractivity contribution in [1.29, 1.82) is 0 Å². The summed E-state index contributed by atoms with van der Waals surface area (Å²) in [7, 11) is 4.17. The zero-order chi connectivity index (χ0) is 12.5. The number of hydrogen-bond donors (Lipinski definition) is 2. The summed E-state index contributed by atoms with van der Waals surface area (Å²) in [6.45, 7) is 3.72. The average Bonchev–Trinajstić information content (AvgIpc) is 2.58. The first-order valence-electron chi connectivity index (χ1n) is 6.37. The van der Waals surface area contributed by atoms with Crippen molar-refractivity contribution in [1.82, 2.24) is 15.1 Å². The number of aliphatic carboxylic acids is 1. The molecule has 2 heterocycles. The maximum absolute atomic E-state index is 11.0. The van der Waals surface area contributed by atoms with E-state index in [0.717, 1.165) is 26.2 Å². The monoisotopic (exact) mass is 241 g/mol. The molecule has 1 unspecified atom stereocenters. The first-order chi connectivity index (χ1) is 8.03. The summed E-state index contributed by atoms with van der Waals surface area (Å²) < 4.78 is 0. The fourth-order valence-corrected chi connectivity index (χ4v) is 3.20. The van der Waals surface area contributed by atoms with Gasteiger partial charge in [0.2, 0.25) is 0 Å². The SMILES string of the molecule is CN(C)CC1CCCN1C1(CC(=O)O)CNC1. The molecule has 0 aromatic carbocycles. The zero-order valence-electron chi connectivity index (χ0n) is 10.8. The van der Waals surface area contributed by atoms with Crippen LogP contribution < -0.4 is 5.32 Å². The molecule has 98 valence electrons. The Bertz CT molecular complexity index is 289. The summed E-state index contributed by atoms with van der Waals surface area (Å²) in [5.41, 5.74) is -0.122. The van der Waals surface area contributed by atoms with Crippen LogP contribution in [0.4, 0.5) is 0 Å². The second kappa shape index (κ2) is 4.92. The second-order valence-corrected chi connectivity index (χ2v) is 5.65. The molecular formula is C12H23N3O2. The molecule has 2 fully saturated rings. The molecule has 0 aliphatic carbocycles. The Morgan fingerprint density at radius 1 is 1.53 bits per heavy atom. The molecule has 2 rings (SSSR count). The van der Waals surface area contributed by atoms with Crippen LogP contribution in [0.2, 0.25) is 0 Å². The molecule has 2 aliphatic rings. The van der Waals surface area contributed by atoms with Crippen molar-refractivity contribution in [3.05, 3.63) is 0 Å². The summed E-state index contributed by atoms with van der Waals surface area (Å²) in [5, 5.41) is 12.3. The minimum absolute atomic E-state index is 0.122. The number of rotatable bonds is 5. The maximum Gasteiger partial charge on any atom is 0.305 e. The van der Waals surface area contributed by atoms with Gasteiger partial charge in [-0.25, -0.2) is 0 Å². The number of likely N-dealkylation sites (tertiary alicyclic amines) is 1. The number of hydrogen-bond acceptors (Lipinski definition) is 4. The summed E-state index contributed by atoms with van der Waals surface area (Å²) in [4.78, 5) is 15.7. The standard InChI is InChI=1S/C12H23N3O2/c1-14(2)7-10-4-3-5-15(10)12(6-11(16)17)8-13-9-12/h10,13H,3-9H2,1-2H3,(H,16,17). The number of likely N-dealkylation sites (N-methyl/N-ethyl adjacent to an activating group) is 1. The van der Waals surface area contributed by atoms with E-state index in [0.29, 0.717) is 6.04 Å². The van der Waals surface area contributed by atoms with Gasteiger partial charge >= 0.3 is 5.97 Å². The second-order valence-electron chi connectivity index (χ2n) is 5.65. The normalized spacial score (nSPS) is 28.3. The van der Waals surface area contributed by atoms with Gasteiger partial charge in [-0.1, -0.05) is 0 Å². The van der Waals surface area contributed by atoms with Gasteiger partial charge in [-0.3, -0.25) is 9.69 Å². The average molecular weight is 241 g/mol. The maximum atomic E-state index is 11.0. The third-order valence-electron chi connectivity index (χ3n) is 3.95. The van der Waals surface area contributed by atoms with E-state index in [1.165, 1.54) is 12.8 Å². The van der Waals surface area contributed by atoms with Crippen LogP contribution in [0.25, 0.3) is 0 Å². The van der Waals surface area contributed by atoms with E-state index in [4.69, 9.17) is 5.11 Å². The molecule has 5 nitrogen and oxygen atoms in total. The Morgan fingerprint density at radius 2 is 2.24 bits per heavy atom. The van der Waals surface area contributed by atoms with E-state index in [9.17, 15) is 4.79 Å². The summed E-state index contributed by atoms with van der Waals surface area (Å²) >= 11 is 0. The lowest BCUT2D eigenvalue weighted by Gasteiger charge is -2.51. The molecule has 0 bridgehead atoms. The minimum atomic E-state index is -0.679. The fourth-order valence-electron chi connectivity index (χ4n) is 3.20. The van der Waals surface area contributed by atoms with Crippen LogP contribution >= 0.6 is 0 Å². The molecule has 2 N–H and O–H groups in total. The number of nitrogens with one attached hydrogen (secondary N) is 1. The molecule has 0 spiro atoms. The first kappa shape index (κ1) is 12.8. The van der Waals surface area contributed by atoms with Crippen molar-refractivity contribution in [2.45, 2.75) is 30.8 Å². The fraction of sp³-hybridized carbons (Fsp3) is 0.917. The van der Waals surface area contributed by atoms with Crippen LogP contribution in [0.1, 0.15) is 19.3 Å². The van der Waals surface area contributed by atoms with Crippen molar-refractivity contribution < 1.29 is 9.90 Å². The molecular weight excluding hydrogens is 218 g/mol. The quantitative estimate of drug-likeness (QED) is 0.700. The van der Waals surface area contributed by atoms with Crippen molar-refractivity contribution >= 4 is 5.97 Å². The summed E-state index contributed by atoms with van der Waals surface area (Å²) in [5.74, 6) is -0.679. The Labute approximate surface area is 103 Å². The lowest BCUT2D eigenvalue weighted by molar-refractivity contribution is -0.142. The molecule has 17 heavy (non-hydrogen) atoms. The van der Waals surface area contributed by atoms with Gasteiger partial charge in [-0.15, -0.1) is 0 Å². The van der Waals surface area contributed by atoms with Gasteiger partial charge in [0.15, 0.2) is 0 Å². The van der Waals surface area contributed by atoms with Gasteiger partial charge in [0.05, 0.1) is 12.0 Å². The number of carbonyl (C=O) groups is 1. The summed E-state index contributed by atoms with van der Waals surface area (Å²) in [6, 6.07) is 0.520. The van der Waals surface area contributed by atoms with Crippen LogP contribution in [0.3, 0.4) is 0 Å². The highest BCUT2D eigenvalue weighted by atomic mass is 16.4. The highest BCUT2D eigenvalue weighted by molar-refractivity contribution is 5.69. The van der Waals surface area contributed by atoms with Crippen molar-refractivity contribution in [3.8, 4) is 0 Å². The molecule has 0 aromatic heterocycles. The lowest BCUT2D eigenvalue weighted by Crippen LogP contribution is -2.71. The molecule has 1 atom stereocenters. The molecule has 2 saturated heterocycles. The Balaban J connectivity index is 2.05. The number of carboxylic acid groups (broad SMARTS) is 1. The molecule has 0 radical (unpaired) electrons. The van der Waals surface area contributed by atoms with Crippen molar-refractivity contribution in [3.63, 3.8) is 0 Å². The molecule has 0 saturated carbocycles. The smallest absolute Gasteiger partial charge is 0.305 e. The van der Waals surface area contributed by atoms with Gasteiger partial charge in [-0.05, 0) is 33.5 Å². The molecule has 2 aliphatic heterocycles. The lowest BCUT2D eigenvalue weighted by atomic mass is 9.85. The third kappa shape index (κ3) is 2.61. The molecule has 0 aromatic rings. The predicted octanol–water partition coefficient (Wildman–Crippen LogP) is -0.171. The van der Waals surface area contributed by atoms with Gasteiger partial charge in [0.1, 0.15) is 0 Å². The van der Waals surface area contributed by atoms with Gasteiger partial charge in [0.25, 0.3) is 0 Å². The number of nitrogens with zero attached hydrogens (tertiary/aromatic N) is 2. The highest BCUT2D eigenvalue weighted by Gasteiger charge is 2.48. The summed E-state index contributed by atoms with van der Waals surface area (Å²) in [6.07, 6.45) is 2.66.